The van der Waals surface area contributed by atoms with Gasteiger partial charge in [0.05, 0.1) is 5.69 Å². The Morgan fingerprint density at radius 2 is 1.91 bits per heavy atom. The highest BCUT2D eigenvalue weighted by Crippen LogP contribution is 2.29. The number of nitrogens with zero attached hydrogens (tertiary/aromatic N) is 3. The van der Waals surface area contributed by atoms with Gasteiger partial charge in [-0.3, -0.25) is 14.3 Å². The van der Waals surface area contributed by atoms with E-state index in [0.29, 0.717) is 29.7 Å². The largest absolute Gasteiger partial charge is 0.405 e. The van der Waals surface area contributed by atoms with Gasteiger partial charge in [-0.25, -0.2) is 0 Å². The van der Waals surface area contributed by atoms with Crippen molar-refractivity contribution in [1.82, 2.24) is 20.0 Å². The van der Waals surface area contributed by atoms with Gasteiger partial charge in [-0.1, -0.05) is 37.6 Å². The van der Waals surface area contributed by atoms with Gasteiger partial charge >= 0.3 is 6.18 Å². The molecular weight excluding hydrogens is 469 g/mol. The number of benzene rings is 1. The minimum absolute atomic E-state index is 0.126. The van der Waals surface area contributed by atoms with E-state index in [1.54, 1.807) is 27.8 Å². The Kier molecular flexibility index (Phi) is 8.07. The average molecular weight is 497 g/mol. The Bertz CT molecular complexity index is 1060. The molecule has 2 amide bonds. The van der Waals surface area contributed by atoms with E-state index in [0.717, 1.165) is 24.1 Å². The molecule has 0 bridgehead atoms. The summed E-state index contributed by atoms with van der Waals surface area (Å²) in [5.74, 6) is -0.587. The van der Waals surface area contributed by atoms with Crippen LogP contribution in [0.4, 0.5) is 13.2 Å². The zero-order valence-corrected chi connectivity index (χ0v) is 20.1. The Hall–Kier alpha value is -2.81. The summed E-state index contributed by atoms with van der Waals surface area (Å²) in [6, 6.07) is 6.34. The zero-order valence-electron chi connectivity index (χ0n) is 19.3. The van der Waals surface area contributed by atoms with Gasteiger partial charge in [0.2, 0.25) is 5.91 Å². The van der Waals surface area contributed by atoms with Crippen LogP contribution >= 0.6 is 11.6 Å². The monoisotopic (exact) mass is 496 g/mol. The van der Waals surface area contributed by atoms with Gasteiger partial charge in [-0.05, 0) is 49.5 Å². The molecule has 2 aromatic rings. The van der Waals surface area contributed by atoms with Gasteiger partial charge < -0.3 is 10.2 Å². The molecule has 1 N–H and O–H groups in total. The van der Waals surface area contributed by atoms with Crippen LogP contribution in [-0.2, 0) is 17.9 Å². The Labute approximate surface area is 201 Å². The summed E-state index contributed by atoms with van der Waals surface area (Å²) >= 11 is 6.46. The van der Waals surface area contributed by atoms with Gasteiger partial charge in [-0.2, -0.15) is 18.3 Å². The second-order valence-corrected chi connectivity index (χ2v) is 9.25. The van der Waals surface area contributed by atoms with Crippen LogP contribution in [0.2, 0.25) is 5.15 Å². The summed E-state index contributed by atoms with van der Waals surface area (Å²) in [7, 11) is 0. The van der Waals surface area contributed by atoms with Crippen LogP contribution in [0.15, 0.2) is 30.3 Å². The smallest absolute Gasteiger partial charge is 0.343 e. The topological polar surface area (TPSA) is 67.2 Å². The Morgan fingerprint density at radius 1 is 1.26 bits per heavy atom. The van der Waals surface area contributed by atoms with Crippen molar-refractivity contribution in [3.63, 3.8) is 0 Å². The second-order valence-electron chi connectivity index (χ2n) is 8.89. The van der Waals surface area contributed by atoms with Crippen LogP contribution in [0.5, 0.6) is 0 Å². The first-order valence-electron chi connectivity index (χ1n) is 11.1. The van der Waals surface area contributed by atoms with Gasteiger partial charge in [0.1, 0.15) is 11.7 Å². The minimum Gasteiger partial charge on any atom is -0.343 e. The molecule has 34 heavy (non-hydrogen) atoms. The second kappa shape index (κ2) is 10.6. The molecule has 0 aliphatic heterocycles. The number of hydrogen-bond donors (Lipinski definition) is 1. The number of carbonyl (C=O) groups is 2. The molecule has 1 aliphatic carbocycles. The molecule has 0 saturated heterocycles. The minimum atomic E-state index is -4.47. The third kappa shape index (κ3) is 7.09. The van der Waals surface area contributed by atoms with E-state index in [9.17, 15) is 22.8 Å². The fourth-order valence-corrected chi connectivity index (χ4v) is 3.79. The van der Waals surface area contributed by atoms with E-state index in [1.807, 2.05) is 12.2 Å². The first kappa shape index (κ1) is 25.8. The highest BCUT2D eigenvalue weighted by Gasteiger charge is 2.32. The normalized spacial score (nSPS) is 14.1. The quantitative estimate of drug-likeness (QED) is 0.497. The van der Waals surface area contributed by atoms with E-state index in [4.69, 9.17) is 11.6 Å². The lowest BCUT2D eigenvalue weighted by Crippen LogP contribution is -2.33. The number of carbonyl (C=O) groups excluding carboxylic acids is 2. The molecule has 1 aromatic carbocycles. The van der Waals surface area contributed by atoms with Crippen molar-refractivity contribution in [3.05, 3.63) is 57.9 Å². The molecular formula is C24H28ClF3N4O2. The number of nitrogens with one attached hydrogen (secondary N) is 1. The predicted molar refractivity (Wildman–Crippen MR) is 124 cm³/mol. The van der Waals surface area contributed by atoms with Gasteiger partial charge in [0.15, 0.2) is 0 Å². The zero-order chi connectivity index (χ0) is 25.0. The van der Waals surface area contributed by atoms with Crippen LogP contribution in [0.25, 0.3) is 6.08 Å². The van der Waals surface area contributed by atoms with Crippen LogP contribution in [0.3, 0.4) is 0 Å². The summed E-state index contributed by atoms with van der Waals surface area (Å²) in [6.45, 7) is 5.61. The molecule has 3 rings (SSSR count). The standard InChI is InChI=1S/C24H28ClF3N4O2/c1-15(2)12-32-22(25)20(16(3)30-32)10-11-21(33)31(19-8-9-19)13-17-4-6-18(7-5-17)23(34)29-14-24(26,27)28/h4-7,10-11,15,19H,8-9,12-14H2,1-3H3,(H,29,34). The molecule has 1 fully saturated rings. The molecule has 1 aromatic heterocycles. The van der Waals surface area contributed by atoms with Crippen LogP contribution in [0, 0.1) is 12.8 Å². The lowest BCUT2D eigenvalue weighted by molar-refractivity contribution is -0.127. The van der Waals surface area contributed by atoms with Crippen molar-refractivity contribution in [2.45, 2.75) is 58.9 Å². The number of halogens is 4. The summed E-state index contributed by atoms with van der Waals surface area (Å²) in [4.78, 5) is 26.6. The van der Waals surface area contributed by atoms with Crippen molar-refractivity contribution in [2.24, 2.45) is 5.92 Å². The fraction of sp³-hybridized carbons (Fsp3) is 0.458. The molecule has 0 spiro atoms. The van der Waals surface area contributed by atoms with Crippen LogP contribution < -0.4 is 5.32 Å². The first-order chi connectivity index (χ1) is 15.9. The Balaban J connectivity index is 1.66. The van der Waals surface area contributed by atoms with Gasteiger partial charge in [-0.15, -0.1) is 0 Å². The average Bonchev–Trinajstić information content (AvgIpc) is 3.56. The molecule has 1 saturated carbocycles. The van der Waals surface area contributed by atoms with E-state index < -0.39 is 18.6 Å². The fourth-order valence-electron chi connectivity index (χ4n) is 3.49. The van der Waals surface area contributed by atoms with E-state index in [-0.39, 0.29) is 17.5 Å². The van der Waals surface area contributed by atoms with Crippen molar-refractivity contribution in [3.8, 4) is 0 Å². The molecule has 10 heteroatoms. The number of amides is 2. The van der Waals surface area contributed by atoms with E-state index in [2.05, 4.69) is 18.9 Å². The molecule has 0 radical (unpaired) electrons. The van der Waals surface area contributed by atoms with Crippen molar-refractivity contribution in [2.75, 3.05) is 6.54 Å². The number of hydrogen-bond acceptors (Lipinski definition) is 3. The SMILES string of the molecule is Cc1nn(CC(C)C)c(Cl)c1C=CC(=O)N(Cc1ccc(C(=O)NCC(F)(F)F)cc1)C1CC1. The number of rotatable bonds is 9. The molecule has 0 atom stereocenters. The van der Waals surface area contributed by atoms with Gasteiger partial charge in [0.25, 0.3) is 5.91 Å². The molecule has 1 aliphatic rings. The van der Waals surface area contributed by atoms with Gasteiger partial charge in [0, 0.05) is 36.3 Å². The molecule has 0 unspecified atom stereocenters. The third-order valence-electron chi connectivity index (χ3n) is 5.33. The summed E-state index contributed by atoms with van der Waals surface area (Å²) in [5, 5.41) is 6.79. The van der Waals surface area contributed by atoms with E-state index in [1.165, 1.54) is 18.2 Å². The van der Waals surface area contributed by atoms with Crippen molar-refractivity contribution >= 4 is 29.5 Å². The Morgan fingerprint density at radius 3 is 2.47 bits per heavy atom. The highest BCUT2D eigenvalue weighted by atomic mass is 35.5. The van der Waals surface area contributed by atoms with E-state index >= 15 is 0 Å². The van der Waals surface area contributed by atoms with Crippen molar-refractivity contribution < 1.29 is 22.8 Å². The maximum absolute atomic E-state index is 13.0. The number of alkyl halides is 3. The highest BCUT2D eigenvalue weighted by molar-refractivity contribution is 6.31. The summed E-state index contributed by atoms with van der Waals surface area (Å²) in [5.41, 5.74) is 2.36. The molecule has 184 valence electrons. The predicted octanol–water partition coefficient (Wildman–Crippen LogP) is 5.00. The first-order valence-corrected chi connectivity index (χ1v) is 11.5. The maximum atomic E-state index is 13.0. The molecule has 1 heterocycles. The lowest BCUT2D eigenvalue weighted by Gasteiger charge is -2.21. The van der Waals surface area contributed by atoms with Crippen molar-refractivity contribution in [1.29, 1.82) is 0 Å². The third-order valence-corrected chi connectivity index (χ3v) is 5.73. The number of aryl methyl sites for hydroxylation is 1. The maximum Gasteiger partial charge on any atom is 0.405 e. The lowest BCUT2D eigenvalue weighted by atomic mass is 10.1. The van der Waals surface area contributed by atoms with Crippen LogP contribution in [0.1, 0.15) is 53.9 Å². The van der Waals surface area contributed by atoms with Crippen LogP contribution in [-0.4, -0.2) is 45.3 Å². The molecule has 6 nitrogen and oxygen atoms in total. The summed E-state index contributed by atoms with van der Waals surface area (Å²) < 4.78 is 38.6. The number of aromatic nitrogens is 2. The summed E-state index contributed by atoms with van der Waals surface area (Å²) in [6.07, 6.45) is 0.525.